The van der Waals surface area contributed by atoms with E-state index in [0.717, 1.165) is 16.9 Å². The molecule has 2 rings (SSSR count). The zero-order valence-corrected chi connectivity index (χ0v) is 12.2. The quantitative estimate of drug-likeness (QED) is 0.915. The van der Waals surface area contributed by atoms with Gasteiger partial charge in [-0.1, -0.05) is 34.1 Å². The van der Waals surface area contributed by atoms with Gasteiger partial charge in [-0.2, -0.15) is 0 Å². The van der Waals surface area contributed by atoms with E-state index in [1.54, 1.807) is 0 Å². The number of para-hydroxylation sites is 1. The summed E-state index contributed by atoms with van der Waals surface area (Å²) >= 11 is 3.26. The van der Waals surface area contributed by atoms with E-state index >= 15 is 0 Å². The van der Waals surface area contributed by atoms with Gasteiger partial charge in [-0.05, 0) is 36.8 Å². The maximum atomic E-state index is 13.3. The van der Waals surface area contributed by atoms with Gasteiger partial charge in [0.25, 0.3) is 0 Å². The molecule has 2 nitrogen and oxygen atoms in total. The van der Waals surface area contributed by atoms with Crippen LogP contribution in [0.15, 0.2) is 46.9 Å². The third-order valence-electron chi connectivity index (χ3n) is 2.73. The Morgan fingerprint density at radius 1 is 1.26 bits per heavy atom. The standard InChI is InChI=1S/C15H15BrFNO/c1-10(18)14-4-2-3-5-15(14)19-9-11-6-12(16)8-13(17)7-11/h2-8,10H,9,18H2,1H3/t10-/m1/s1. The molecule has 0 aliphatic carbocycles. The van der Waals surface area contributed by atoms with Gasteiger partial charge in [-0.15, -0.1) is 0 Å². The molecule has 19 heavy (non-hydrogen) atoms. The smallest absolute Gasteiger partial charge is 0.124 e. The lowest BCUT2D eigenvalue weighted by Gasteiger charge is -2.14. The largest absolute Gasteiger partial charge is 0.489 e. The van der Waals surface area contributed by atoms with Crippen molar-refractivity contribution in [3.8, 4) is 5.75 Å². The Kier molecular flexibility index (Phi) is 4.56. The van der Waals surface area contributed by atoms with Crippen molar-refractivity contribution in [2.75, 3.05) is 0 Å². The molecule has 0 fully saturated rings. The van der Waals surface area contributed by atoms with Gasteiger partial charge in [0.15, 0.2) is 0 Å². The first-order valence-electron chi connectivity index (χ1n) is 5.98. The monoisotopic (exact) mass is 323 g/mol. The highest BCUT2D eigenvalue weighted by atomic mass is 79.9. The van der Waals surface area contributed by atoms with E-state index in [2.05, 4.69) is 15.9 Å². The second-order valence-electron chi connectivity index (χ2n) is 4.39. The Bertz CT molecular complexity index is 552. The van der Waals surface area contributed by atoms with Crippen LogP contribution in [0.3, 0.4) is 0 Å². The summed E-state index contributed by atoms with van der Waals surface area (Å²) in [6, 6.07) is 12.2. The van der Waals surface area contributed by atoms with Crippen LogP contribution in [-0.4, -0.2) is 0 Å². The van der Waals surface area contributed by atoms with E-state index < -0.39 is 0 Å². The molecule has 0 unspecified atom stereocenters. The van der Waals surface area contributed by atoms with E-state index in [0.29, 0.717) is 11.1 Å². The summed E-state index contributed by atoms with van der Waals surface area (Å²) in [5, 5.41) is 0. The van der Waals surface area contributed by atoms with Gasteiger partial charge in [0.05, 0.1) is 0 Å². The normalized spacial score (nSPS) is 12.2. The van der Waals surface area contributed by atoms with Crippen LogP contribution < -0.4 is 10.5 Å². The van der Waals surface area contributed by atoms with Crippen LogP contribution in [0.25, 0.3) is 0 Å². The molecule has 2 aromatic rings. The molecule has 0 radical (unpaired) electrons. The van der Waals surface area contributed by atoms with E-state index in [9.17, 15) is 4.39 Å². The number of nitrogens with two attached hydrogens (primary N) is 1. The minimum Gasteiger partial charge on any atom is -0.489 e. The molecule has 100 valence electrons. The van der Waals surface area contributed by atoms with Crippen molar-refractivity contribution < 1.29 is 9.13 Å². The van der Waals surface area contributed by atoms with E-state index in [-0.39, 0.29) is 11.9 Å². The number of hydrogen-bond acceptors (Lipinski definition) is 2. The zero-order chi connectivity index (χ0) is 13.8. The molecule has 0 saturated carbocycles. The van der Waals surface area contributed by atoms with Crippen molar-refractivity contribution in [2.45, 2.75) is 19.6 Å². The summed E-state index contributed by atoms with van der Waals surface area (Å²) in [5.74, 6) is 0.450. The van der Waals surface area contributed by atoms with Crippen LogP contribution in [-0.2, 0) is 6.61 Å². The first-order chi connectivity index (χ1) is 9.06. The maximum absolute atomic E-state index is 13.3. The highest BCUT2D eigenvalue weighted by Crippen LogP contribution is 2.24. The molecule has 0 heterocycles. The van der Waals surface area contributed by atoms with Crippen LogP contribution in [0.2, 0.25) is 0 Å². The van der Waals surface area contributed by atoms with Crippen LogP contribution >= 0.6 is 15.9 Å². The van der Waals surface area contributed by atoms with Gasteiger partial charge < -0.3 is 10.5 Å². The van der Waals surface area contributed by atoms with Gasteiger partial charge in [0.1, 0.15) is 18.2 Å². The first-order valence-corrected chi connectivity index (χ1v) is 6.78. The second-order valence-corrected chi connectivity index (χ2v) is 5.31. The number of benzene rings is 2. The molecular weight excluding hydrogens is 309 g/mol. The topological polar surface area (TPSA) is 35.2 Å². The Labute approximate surface area is 120 Å². The molecule has 0 aliphatic rings. The third kappa shape index (κ3) is 3.78. The van der Waals surface area contributed by atoms with Gasteiger partial charge in [-0.3, -0.25) is 0 Å². The Morgan fingerprint density at radius 3 is 2.68 bits per heavy atom. The summed E-state index contributed by atoms with van der Waals surface area (Å²) in [7, 11) is 0. The Balaban J connectivity index is 2.14. The van der Waals surface area contributed by atoms with Gasteiger partial charge in [0, 0.05) is 16.1 Å². The number of ether oxygens (including phenoxy) is 1. The lowest BCUT2D eigenvalue weighted by Crippen LogP contribution is -2.08. The molecule has 2 aromatic carbocycles. The molecule has 0 aliphatic heterocycles. The summed E-state index contributed by atoms with van der Waals surface area (Å²) in [4.78, 5) is 0. The number of halogens is 2. The molecule has 1 atom stereocenters. The van der Waals surface area contributed by atoms with Crippen molar-refractivity contribution in [1.29, 1.82) is 0 Å². The maximum Gasteiger partial charge on any atom is 0.124 e. The summed E-state index contributed by atoms with van der Waals surface area (Å²) in [5.41, 5.74) is 7.60. The molecule has 0 saturated heterocycles. The molecule has 0 spiro atoms. The lowest BCUT2D eigenvalue weighted by atomic mass is 10.1. The van der Waals surface area contributed by atoms with Gasteiger partial charge in [-0.25, -0.2) is 4.39 Å². The highest BCUT2D eigenvalue weighted by molar-refractivity contribution is 9.10. The van der Waals surface area contributed by atoms with E-state index in [1.807, 2.05) is 37.3 Å². The molecular formula is C15H15BrFNO. The fourth-order valence-corrected chi connectivity index (χ4v) is 2.36. The average Bonchev–Trinajstić information content (AvgIpc) is 2.35. The van der Waals surface area contributed by atoms with Crippen LogP contribution in [0, 0.1) is 5.82 Å². The van der Waals surface area contributed by atoms with Crippen molar-refractivity contribution in [2.24, 2.45) is 5.73 Å². The SMILES string of the molecule is C[C@@H](N)c1ccccc1OCc1cc(F)cc(Br)c1. The molecule has 0 aromatic heterocycles. The Hall–Kier alpha value is -1.39. The van der Waals surface area contributed by atoms with Gasteiger partial charge >= 0.3 is 0 Å². The predicted octanol–water partition coefficient (Wildman–Crippen LogP) is 4.19. The van der Waals surface area contributed by atoms with E-state index in [1.165, 1.54) is 12.1 Å². The Morgan fingerprint density at radius 2 is 2.00 bits per heavy atom. The van der Waals surface area contributed by atoms with Crippen LogP contribution in [0.5, 0.6) is 5.75 Å². The molecule has 4 heteroatoms. The first kappa shape index (κ1) is 14.0. The zero-order valence-electron chi connectivity index (χ0n) is 10.6. The van der Waals surface area contributed by atoms with Gasteiger partial charge in [0.2, 0.25) is 0 Å². The van der Waals surface area contributed by atoms with Crippen LogP contribution in [0.1, 0.15) is 24.1 Å². The predicted molar refractivity (Wildman–Crippen MR) is 77.5 cm³/mol. The van der Waals surface area contributed by atoms with Crippen molar-refractivity contribution in [1.82, 2.24) is 0 Å². The average molecular weight is 324 g/mol. The van der Waals surface area contributed by atoms with Crippen molar-refractivity contribution >= 4 is 15.9 Å². The molecule has 2 N–H and O–H groups in total. The summed E-state index contributed by atoms with van der Waals surface area (Å²) < 4.78 is 19.7. The minimum atomic E-state index is -0.284. The number of hydrogen-bond donors (Lipinski definition) is 1. The van der Waals surface area contributed by atoms with Crippen molar-refractivity contribution in [3.05, 3.63) is 63.9 Å². The van der Waals surface area contributed by atoms with E-state index in [4.69, 9.17) is 10.5 Å². The van der Waals surface area contributed by atoms with Crippen LogP contribution in [0.4, 0.5) is 4.39 Å². The minimum absolute atomic E-state index is 0.101. The van der Waals surface area contributed by atoms with Crippen molar-refractivity contribution in [3.63, 3.8) is 0 Å². The molecule has 0 bridgehead atoms. The molecule has 0 amide bonds. The fourth-order valence-electron chi connectivity index (χ4n) is 1.84. The lowest BCUT2D eigenvalue weighted by molar-refractivity contribution is 0.301. The highest BCUT2D eigenvalue weighted by Gasteiger charge is 2.07. The summed E-state index contributed by atoms with van der Waals surface area (Å²) in [6.45, 7) is 2.21. The number of rotatable bonds is 4. The second kappa shape index (κ2) is 6.17. The summed E-state index contributed by atoms with van der Waals surface area (Å²) in [6.07, 6.45) is 0. The third-order valence-corrected chi connectivity index (χ3v) is 3.18. The fraction of sp³-hybridized carbons (Fsp3) is 0.200.